The van der Waals surface area contributed by atoms with Gasteiger partial charge in [0.25, 0.3) is 0 Å². The van der Waals surface area contributed by atoms with Crippen LogP contribution in [0.15, 0.2) is 24.3 Å². The van der Waals surface area contributed by atoms with Gasteiger partial charge in [-0.15, -0.1) is 0 Å². The molecule has 1 aromatic carbocycles. The van der Waals surface area contributed by atoms with Crippen molar-refractivity contribution in [2.24, 2.45) is 0 Å². The summed E-state index contributed by atoms with van der Waals surface area (Å²) in [5.74, 6) is 0.997. The third kappa shape index (κ3) is 2.05. The highest BCUT2D eigenvalue weighted by Gasteiger charge is 2.41. The van der Waals surface area contributed by atoms with Crippen LogP contribution in [0.25, 0.3) is 0 Å². The fraction of sp³-hybridized carbons (Fsp3) is 0.571. The van der Waals surface area contributed by atoms with E-state index in [0.29, 0.717) is 0 Å². The van der Waals surface area contributed by atoms with Crippen molar-refractivity contribution in [3.8, 4) is 5.75 Å². The summed E-state index contributed by atoms with van der Waals surface area (Å²) in [7, 11) is 5.97. The van der Waals surface area contributed by atoms with Crippen LogP contribution in [-0.4, -0.2) is 39.2 Å². The normalized spacial score (nSPS) is 25.1. The molecule has 3 heteroatoms. The van der Waals surface area contributed by atoms with Gasteiger partial charge in [0.1, 0.15) is 5.75 Å². The van der Waals surface area contributed by atoms with Crippen LogP contribution in [0.1, 0.15) is 18.4 Å². The molecule has 0 radical (unpaired) electrons. The van der Waals surface area contributed by atoms with Crippen LogP contribution in [0.4, 0.5) is 0 Å². The van der Waals surface area contributed by atoms with E-state index in [9.17, 15) is 0 Å². The molecule has 0 aliphatic carbocycles. The lowest BCUT2D eigenvalue weighted by atomic mass is 9.86. The van der Waals surface area contributed by atoms with Gasteiger partial charge in [0.15, 0.2) is 0 Å². The van der Waals surface area contributed by atoms with E-state index < -0.39 is 0 Å². The molecule has 1 N–H and O–H groups in total. The summed E-state index contributed by atoms with van der Waals surface area (Å²) in [6.07, 6.45) is 2.43. The predicted octanol–water partition coefficient (Wildman–Crippen LogP) is 1.84. The molecule has 1 aliphatic rings. The van der Waals surface area contributed by atoms with Gasteiger partial charge in [-0.1, -0.05) is 18.2 Å². The minimum atomic E-state index is 0.0847. The topological polar surface area (TPSA) is 24.5 Å². The second kappa shape index (κ2) is 5.07. The molecule has 1 heterocycles. The molecular weight excluding hydrogens is 212 g/mol. The summed E-state index contributed by atoms with van der Waals surface area (Å²) in [6.45, 7) is 2.11. The van der Waals surface area contributed by atoms with Crippen molar-refractivity contribution >= 4 is 0 Å². The molecule has 3 nitrogen and oxygen atoms in total. The first-order valence-corrected chi connectivity index (χ1v) is 6.24. The maximum absolute atomic E-state index is 5.52. The number of rotatable bonds is 4. The zero-order valence-electron chi connectivity index (χ0n) is 11.0. The second-order valence-electron chi connectivity index (χ2n) is 4.79. The maximum Gasteiger partial charge on any atom is 0.123 e. The third-order valence-corrected chi connectivity index (χ3v) is 3.89. The monoisotopic (exact) mass is 234 g/mol. The van der Waals surface area contributed by atoms with Crippen molar-refractivity contribution in [2.75, 3.05) is 34.3 Å². The molecule has 0 aromatic heterocycles. The van der Waals surface area contributed by atoms with Crippen LogP contribution in [0.5, 0.6) is 5.75 Å². The number of hydrogen-bond acceptors (Lipinski definition) is 3. The molecule has 1 aliphatic heterocycles. The molecule has 1 unspecified atom stereocenters. The van der Waals surface area contributed by atoms with Crippen LogP contribution in [0, 0.1) is 0 Å². The lowest BCUT2D eigenvalue weighted by molar-refractivity contribution is 0.167. The number of methoxy groups -OCH3 is 1. The Morgan fingerprint density at radius 3 is 2.76 bits per heavy atom. The molecule has 1 fully saturated rings. The smallest absolute Gasteiger partial charge is 0.123 e. The highest BCUT2D eigenvalue weighted by molar-refractivity contribution is 5.40. The largest absolute Gasteiger partial charge is 0.496 e. The summed E-state index contributed by atoms with van der Waals surface area (Å²) in [6, 6.07) is 8.38. The lowest BCUT2D eigenvalue weighted by Gasteiger charge is -2.37. The Balaban J connectivity index is 2.45. The first kappa shape index (κ1) is 12.4. The first-order valence-electron chi connectivity index (χ1n) is 6.24. The Morgan fingerprint density at radius 1 is 1.41 bits per heavy atom. The fourth-order valence-electron chi connectivity index (χ4n) is 2.99. The number of benzene rings is 1. The SMILES string of the molecule is CNCC1(c2ccccc2OC)CCCN1C. The highest BCUT2D eigenvalue weighted by atomic mass is 16.5. The number of nitrogens with zero attached hydrogens (tertiary/aromatic N) is 1. The summed E-state index contributed by atoms with van der Waals surface area (Å²) in [4.78, 5) is 2.45. The number of nitrogens with one attached hydrogen (secondary N) is 1. The minimum absolute atomic E-state index is 0.0847. The van der Waals surface area contributed by atoms with Crippen LogP contribution in [-0.2, 0) is 5.54 Å². The quantitative estimate of drug-likeness (QED) is 0.860. The van der Waals surface area contributed by atoms with E-state index in [0.717, 1.165) is 18.8 Å². The van der Waals surface area contributed by atoms with Gasteiger partial charge in [-0.2, -0.15) is 0 Å². The molecule has 1 saturated heterocycles. The second-order valence-corrected chi connectivity index (χ2v) is 4.79. The van der Waals surface area contributed by atoms with Crippen LogP contribution >= 0.6 is 0 Å². The molecule has 0 saturated carbocycles. The van der Waals surface area contributed by atoms with Crippen molar-refractivity contribution < 1.29 is 4.74 Å². The van der Waals surface area contributed by atoms with Gasteiger partial charge in [0, 0.05) is 12.1 Å². The number of likely N-dealkylation sites (N-methyl/N-ethyl adjacent to an activating group) is 2. The Morgan fingerprint density at radius 2 is 2.18 bits per heavy atom. The van der Waals surface area contributed by atoms with E-state index in [1.54, 1.807) is 7.11 Å². The van der Waals surface area contributed by atoms with Gasteiger partial charge in [-0.3, -0.25) is 4.90 Å². The molecule has 0 amide bonds. The molecular formula is C14H22N2O. The lowest BCUT2D eigenvalue weighted by Crippen LogP contribution is -2.46. The van der Waals surface area contributed by atoms with Gasteiger partial charge in [-0.25, -0.2) is 0 Å². The zero-order chi connectivity index (χ0) is 12.3. The average Bonchev–Trinajstić information content (AvgIpc) is 2.72. The zero-order valence-corrected chi connectivity index (χ0v) is 11.0. The third-order valence-electron chi connectivity index (χ3n) is 3.89. The van der Waals surface area contributed by atoms with Gasteiger partial charge in [0.2, 0.25) is 0 Å². The van der Waals surface area contributed by atoms with Gasteiger partial charge >= 0.3 is 0 Å². The molecule has 2 rings (SSSR count). The minimum Gasteiger partial charge on any atom is -0.496 e. The van der Waals surface area contributed by atoms with E-state index >= 15 is 0 Å². The van der Waals surface area contributed by atoms with E-state index in [2.05, 4.69) is 35.5 Å². The standard InChI is InChI=1S/C14H22N2O/c1-15-11-14(9-6-10-16(14)2)12-7-4-5-8-13(12)17-3/h4-5,7-8,15H,6,9-11H2,1-3H3. The predicted molar refractivity (Wildman–Crippen MR) is 70.5 cm³/mol. The molecule has 0 bridgehead atoms. The van der Waals surface area contributed by atoms with E-state index in [-0.39, 0.29) is 5.54 Å². The Kier molecular flexibility index (Phi) is 3.69. The summed E-state index contributed by atoms with van der Waals surface area (Å²) >= 11 is 0. The summed E-state index contributed by atoms with van der Waals surface area (Å²) < 4.78 is 5.52. The van der Waals surface area contributed by atoms with Crippen LogP contribution < -0.4 is 10.1 Å². The van der Waals surface area contributed by atoms with Gasteiger partial charge in [0.05, 0.1) is 12.6 Å². The number of ether oxygens (including phenoxy) is 1. The Labute approximate surface area is 104 Å². The fourth-order valence-corrected chi connectivity index (χ4v) is 2.99. The van der Waals surface area contributed by atoms with Gasteiger partial charge in [-0.05, 0) is 39.5 Å². The highest BCUT2D eigenvalue weighted by Crippen LogP contribution is 2.41. The molecule has 0 spiro atoms. The Hall–Kier alpha value is -1.06. The van der Waals surface area contributed by atoms with E-state index in [4.69, 9.17) is 4.74 Å². The average molecular weight is 234 g/mol. The van der Waals surface area contributed by atoms with Crippen molar-refractivity contribution in [3.63, 3.8) is 0 Å². The van der Waals surface area contributed by atoms with Crippen LogP contribution in [0.3, 0.4) is 0 Å². The number of likely N-dealkylation sites (tertiary alicyclic amines) is 1. The van der Waals surface area contributed by atoms with Crippen molar-refractivity contribution in [2.45, 2.75) is 18.4 Å². The number of para-hydroxylation sites is 1. The summed E-state index contributed by atoms with van der Waals surface area (Å²) in [5, 5.41) is 3.33. The molecule has 17 heavy (non-hydrogen) atoms. The molecule has 94 valence electrons. The molecule has 1 atom stereocenters. The Bertz CT molecular complexity index is 380. The van der Waals surface area contributed by atoms with Crippen molar-refractivity contribution in [3.05, 3.63) is 29.8 Å². The van der Waals surface area contributed by atoms with E-state index in [1.807, 2.05) is 13.1 Å². The van der Waals surface area contributed by atoms with Crippen molar-refractivity contribution in [1.82, 2.24) is 10.2 Å². The summed E-state index contributed by atoms with van der Waals surface area (Å²) in [5.41, 5.74) is 1.39. The van der Waals surface area contributed by atoms with Crippen LogP contribution in [0.2, 0.25) is 0 Å². The van der Waals surface area contributed by atoms with E-state index in [1.165, 1.54) is 18.4 Å². The maximum atomic E-state index is 5.52. The number of hydrogen-bond donors (Lipinski definition) is 1. The van der Waals surface area contributed by atoms with Crippen molar-refractivity contribution in [1.29, 1.82) is 0 Å². The van der Waals surface area contributed by atoms with Gasteiger partial charge < -0.3 is 10.1 Å². The molecule has 1 aromatic rings. The first-order chi connectivity index (χ1) is 8.24.